The summed E-state index contributed by atoms with van der Waals surface area (Å²) in [6.07, 6.45) is 9.94. The molecular formula is C55H44N2OS. The van der Waals surface area contributed by atoms with Crippen molar-refractivity contribution in [2.45, 2.75) is 45.1 Å². The van der Waals surface area contributed by atoms with Gasteiger partial charge in [-0.25, -0.2) is 0 Å². The summed E-state index contributed by atoms with van der Waals surface area (Å²) < 4.78 is 8.29. The van der Waals surface area contributed by atoms with Crippen LogP contribution >= 0.6 is 11.3 Å². The monoisotopic (exact) mass is 780 g/mol. The molecule has 4 heteroatoms. The molecule has 0 bridgehead atoms. The molecule has 8 aromatic rings. The summed E-state index contributed by atoms with van der Waals surface area (Å²) in [5.74, 6) is 2.41. The van der Waals surface area contributed by atoms with Gasteiger partial charge in [-0.05, 0) is 81.8 Å². The lowest BCUT2D eigenvalue weighted by Crippen LogP contribution is -2.23. The third-order valence-corrected chi connectivity index (χ3v) is 14.1. The van der Waals surface area contributed by atoms with Gasteiger partial charge in [0.15, 0.2) is 0 Å². The molecule has 1 N–H and O–H groups in total. The molecule has 3 unspecified atom stereocenters. The van der Waals surface area contributed by atoms with Gasteiger partial charge in [0.05, 0.1) is 6.04 Å². The number of fused-ring (bicyclic) bond motifs is 6. The highest BCUT2D eigenvalue weighted by atomic mass is 32.1. The molecule has 0 amide bonds. The Morgan fingerprint density at radius 1 is 0.661 bits per heavy atom. The molecule has 1 aliphatic heterocycles. The van der Waals surface area contributed by atoms with Crippen LogP contribution in [0.25, 0.3) is 55.6 Å². The fraction of sp³-hybridized carbons (Fsp3) is 0.145. The van der Waals surface area contributed by atoms with E-state index in [0.717, 1.165) is 64.2 Å². The van der Waals surface area contributed by atoms with Crippen LogP contribution in [0, 0.1) is 5.92 Å². The number of para-hydroxylation sites is 1. The predicted molar refractivity (Wildman–Crippen MR) is 249 cm³/mol. The SMILES string of the molecule is CC1=C(c2ccc(-c3ccccc3)cc2)NC(c2ccccc2)=NC(c2cccc3c4c(oc23)CCC(c2cccc(C3CC=Cc5c3sc3ccccc53)c2)=C4)C1C. The zero-order valence-electron chi connectivity index (χ0n) is 33.3. The van der Waals surface area contributed by atoms with E-state index >= 15 is 0 Å². The number of nitrogens with zero attached hydrogens (tertiary/aromatic N) is 1. The van der Waals surface area contributed by atoms with Crippen LogP contribution in [-0.4, -0.2) is 5.84 Å². The van der Waals surface area contributed by atoms with Gasteiger partial charge < -0.3 is 9.73 Å². The highest BCUT2D eigenvalue weighted by Gasteiger charge is 2.31. The Labute approximate surface area is 349 Å². The van der Waals surface area contributed by atoms with Crippen molar-refractivity contribution >= 4 is 61.6 Å². The molecule has 3 nitrogen and oxygen atoms in total. The second-order valence-electron chi connectivity index (χ2n) is 16.2. The second kappa shape index (κ2) is 14.7. The van der Waals surface area contributed by atoms with E-state index in [1.807, 2.05) is 11.3 Å². The van der Waals surface area contributed by atoms with Gasteiger partial charge in [0, 0.05) is 55.6 Å². The van der Waals surface area contributed by atoms with Crippen molar-refractivity contribution < 1.29 is 4.42 Å². The summed E-state index contributed by atoms with van der Waals surface area (Å²) >= 11 is 1.95. The molecule has 3 heterocycles. The molecule has 286 valence electrons. The Kier molecular flexibility index (Phi) is 8.89. The zero-order chi connectivity index (χ0) is 39.5. The van der Waals surface area contributed by atoms with E-state index in [1.54, 1.807) is 0 Å². The van der Waals surface area contributed by atoms with Gasteiger partial charge in [-0.1, -0.05) is 165 Å². The van der Waals surface area contributed by atoms with Crippen molar-refractivity contribution in [2.75, 3.05) is 0 Å². The Balaban J connectivity index is 0.962. The number of aryl methyl sites for hydroxylation is 1. The van der Waals surface area contributed by atoms with Crippen LogP contribution < -0.4 is 5.32 Å². The summed E-state index contributed by atoms with van der Waals surface area (Å²) in [7, 11) is 0. The first kappa shape index (κ1) is 35.7. The normalized spacial score (nSPS) is 18.8. The minimum Gasteiger partial charge on any atom is -0.460 e. The average molecular weight is 781 g/mol. The molecule has 3 atom stereocenters. The van der Waals surface area contributed by atoms with Crippen molar-refractivity contribution in [1.82, 2.24) is 5.32 Å². The van der Waals surface area contributed by atoms with Crippen LogP contribution in [0.4, 0.5) is 0 Å². The first-order valence-electron chi connectivity index (χ1n) is 20.9. The lowest BCUT2D eigenvalue weighted by atomic mass is 9.84. The van der Waals surface area contributed by atoms with Crippen LogP contribution in [-0.2, 0) is 6.42 Å². The number of rotatable bonds is 6. The minimum atomic E-state index is -0.154. The Bertz CT molecular complexity index is 3010. The summed E-state index contributed by atoms with van der Waals surface area (Å²) in [6, 6.07) is 54.7. The first-order chi connectivity index (χ1) is 29.1. The van der Waals surface area contributed by atoms with Crippen LogP contribution in [0.5, 0.6) is 0 Å². The van der Waals surface area contributed by atoms with E-state index in [2.05, 4.69) is 189 Å². The number of nitrogens with one attached hydrogen (secondary N) is 1. The van der Waals surface area contributed by atoms with Crippen LogP contribution in [0.2, 0.25) is 0 Å². The van der Waals surface area contributed by atoms with Crippen LogP contribution in [0.1, 0.15) is 88.2 Å². The third-order valence-electron chi connectivity index (χ3n) is 12.8. The summed E-state index contributed by atoms with van der Waals surface area (Å²) in [5, 5.41) is 6.37. The molecule has 0 fully saturated rings. The van der Waals surface area contributed by atoms with Gasteiger partial charge in [-0.15, -0.1) is 11.3 Å². The van der Waals surface area contributed by atoms with Crippen LogP contribution in [0.15, 0.2) is 173 Å². The molecule has 0 radical (unpaired) electrons. The van der Waals surface area contributed by atoms with E-state index in [0.29, 0.717) is 5.92 Å². The number of amidine groups is 1. The number of thiophene rings is 1. The van der Waals surface area contributed by atoms with Crippen molar-refractivity contribution in [3.8, 4) is 11.1 Å². The van der Waals surface area contributed by atoms with E-state index < -0.39 is 0 Å². The number of hydrogen-bond acceptors (Lipinski definition) is 4. The minimum absolute atomic E-state index is 0.102. The van der Waals surface area contributed by atoms with E-state index in [-0.39, 0.29) is 12.0 Å². The maximum Gasteiger partial charge on any atom is 0.140 e. The van der Waals surface area contributed by atoms with Gasteiger partial charge in [0.1, 0.15) is 17.2 Å². The Hall–Kier alpha value is -6.49. The number of hydrogen-bond donors (Lipinski definition) is 1. The third kappa shape index (κ3) is 6.31. The number of furan rings is 1. The summed E-state index contributed by atoms with van der Waals surface area (Å²) in [6.45, 7) is 4.57. The van der Waals surface area contributed by atoms with Crippen LogP contribution in [0.3, 0.4) is 0 Å². The predicted octanol–water partition coefficient (Wildman–Crippen LogP) is 14.5. The fourth-order valence-corrected chi connectivity index (χ4v) is 10.8. The standard InChI is InChI=1S/C55H44N2OS/c1-34-35(2)52(57-55(39-16-7-4-8-17-39)56-51(34)38-28-26-37(27-29-38)36-14-5-3-6-15-36)47-24-13-22-45-48-33-41(30-31-49(48)58-53(45)47)40-18-11-19-42(32-40)43-21-12-23-46-44-20-9-10-25-50(44)59-54(43)46/h3-20,22-29,32-33,35,43,52H,21,30-31H2,1-2H3,(H,56,57). The molecular weight excluding hydrogens is 737 g/mol. The maximum atomic E-state index is 6.92. The van der Waals surface area contributed by atoms with Gasteiger partial charge in [0.25, 0.3) is 0 Å². The Morgan fingerprint density at radius 2 is 1.36 bits per heavy atom. The lowest BCUT2D eigenvalue weighted by Gasteiger charge is -2.21. The molecule has 11 rings (SSSR count). The summed E-state index contributed by atoms with van der Waals surface area (Å²) in [5.41, 5.74) is 15.8. The molecule has 2 aromatic heterocycles. The number of aliphatic imine (C=N–C) groups is 1. The van der Waals surface area contributed by atoms with Gasteiger partial charge in [0.2, 0.25) is 0 Å². The van der Waals surface area contributed by atoms with Gasteiger partial charge >= 0.3 is 0 Å². The number of benzene rings is 6. The summed E-state index contributed by atoms with van der Waals surface area (Å²) in [4.78, 5) is 7.06. The van der Waals surface area contributed by atoms with Crippen molar-refractivity contribution in [3.05, 3.63) is 213 Å². The van der Waals surface area contributed by atoms with E-state index in [1.165, 1.54) is 59.5 Å². The quantitative estimate of drug-likeness (QED) is 0.182. The molecule has 6 aromatic carbocycles. The maximum absolute atomic E-state index is 6.92. The highest BCUT2D eigenvalue weighted by Crippen LogP contribution is 2.46. The molecule has 59 heavy (non-hydrogen) atoms. The van der Waals surface area contributed by atoms with Gasteiger partial charge in [-0.2, -0.15) is 0 Å². The van der Waals surface area contributed by atoms with Crippen molar-refractivity contribution in [3.63, 3.8) is 0 Å². The molecule has 3 aliphatic rings. The topological polar surface area (TPSA) is 37.5 Å². The Morgan fingerprint density at radius 3 is 2.19 bits per heavy atom. The fourth-order valence-electron chi connectivity index (χ4n) is 9.50. The highest BCUT2D eigenvalue weighted by molar-refractivity contribution is 7.19. The molecule has 0 saturated carbocycles. The molecule has 0 spiro atoms. The van der Waals surface area contributed by atoms with E-state index in [4.69, 9.17) is 9.41 Å². The number of allylic oxidation sites excluding steroid dienone is 2. The first-order valence-corrected chi connectivity index (χ1v) is 21.7. The molecule has 0 saturated heterocycles. The zero-order valence-corrected chi connectivity index (χ0v) is 34.1. The van der Waals surface area contributed by atoms with Gasteiger partial charge in [-0.3, -0.25) is 4.99 Å². The average Bonchev–Trinajstić information content (AvgIpc) is 3.84. The largest absolute Gasteiger partial charge is 0.460 e. The second-order valence-corrected chi connectivity index (χ2v) is 17.3. The smallest absolute Gasteiger partial charge is 0.140 e. The van der Waals surface area contributed by atoms with E-state index in [9.17, 15) is 0 Å². The van der Waals surface area contributed by atoms with Crippen molar-refractivity contribution in [2.24, 2.45) is 10.9 Å². The molecule has 2 aliphatic carbocycles. The van der Waals surface area contributed by atoms with Crippen molar-refractivity contribution in [1.29, 1.82) is 0 Å². The lowest BCUT2D eigenvalue weighted by molar-refractivity contribution is 0.515.